The number of aromatic nitrogens is 2. The van der Waals surface area contributed by atoms with E-state index in [9.17, 15) is 14.7 Å². The first-order valence-electron chi connectivity index (χ1n) is 8.60. The topological polar surface area (TPSA) is 72.2 Å². The van der Waals surface area contributed by atoms with E-state index < -0.39 is 11.9 Å². The molecule has 6 heteroatoms. The summed E-state index contributed by atoms with van der Waals surface area (Å²) >= 11 is 1.50. The second-order valence-corrected chi connectivity index (χ2v) is 8.40. The Labute approximate surface area is 145 Å². The van der Waals surface area contributed by atoms with Gasteiger partial charge in [-0.2, -0.15) is 0 Å². The maximum absolute atomic E-state index is 13.2. The van der Waals surface area contributed by atoms with Crippen LogP contribution in [0.15, 0.2) is 4.79 Å². The van der Waals surface area contributed by atoms with Crippen LogP contribution in [-0.4, -0.2) is 20.6 Å². The first kappa shape index (κ1) is 17.1. The molecular weight excluding hydrogens is 324 g/mol. The molecule has 0 aliphatic heterocycles. The number of carboxylic acids is 1. The van der Waals surface area contributed by atoms with Crippen LogP contribution < -0.4 is 5.56 Å². The molecule has 1 aliphatic rings. The lowest BCUT2D eigenvalue weighted by atomic mass is 10.0. The van der Waals surface area contributed by atoms with Crippen LogP contribution in [0.3, 0.4) is 0 Å². The Hall–Kier alpha value is -1.69. The van der Waals surface area contributed by atoms with Crippen molar-refractivity contribution in [2.45, 2.75) is 65.3 Å². The molecule has 0 aromatic carbocycles. The summed E-state index contributed by atoms with van der Waals surface area (Å²) in [7, 11) is 0. The van der Waals surface area contributed by atoms with Crippen molar-refractivity contribution in [2.24, 2.45) is 5.92 Å². The van der Waals surface area contributed by atoms with Crippen molar-refractivity contribution < 1.29 is 9.90 Å². The summed E-state index contributed by atoms with van der Waals surface area (Å²) < 4.78 is 1.78. The number of thiophene rings is 1. The average Bonchev–Trinajstić information content (AvgIpc) is 3.03. The Morgan fingerprint density at radius 2 is 2.08 bits per heavy atom. The van der Waals surface area contributed by atoms with Gasteiger partial charge in [0.25, 0.3) is 5.56 Å². The quantitative estimate of drug-likeness (QED) is 0.893. The van der Waals surface area contributed by atoms with Crippen molar-refractivity contribution in [3.8, 4) is 0 Å². The smallest absolute Gasteiger partial charge is 0.311 e. The zero-order chi connectivity index (χ0) is 17.6. The van der Waals surface area contributed by atoms with Crippen molar-refractivity contribution >= 4 is 27.5 Å². The molecule has 5 nitrogen and oxygen atoms in total. The van der Waals surface area contributed by atoms with Gasteiger partial charge in [-0.3, -0.25) is 14.2 Å². The lowest BCUT2D eigenvalue weighted by molar-refractivity contribution is -0.138. The molecule has 1 unspecified atom stereocenters. The van der Waals surface area contributed by atoms with Crippen LogP contribution in [-0.2, 0) is 17.8 Å². The highest BCUT2D eigenvalue weighted by molar-refractivity contribution is 7.18. The molecule has 1 aliphatic carbocycles. The van der Waals surface area contributed by atoms with E-state index >= 15 is 0 Å². The van der Waals surface area contributed by atoms with Crippen LogP contribution in [0.1, 0.15) is 68.6 Å². The van der Waals surface area contributed by atoms with Crippen LogP contribution >= 0.6 is 11.3 Å². The van der Waals surface area contributed by atoms with Crippen molar-refractivity contribution in [1.29, 1.82) is 0 Å². The molecule has 2 aromatic rings. The molecule has 0 fully saturated rings. The fraction of sp³-hybridized carbons (Fsp3) is 0.611. The van der Waals surface area contributed by atoms with Gasteiger partial charge in [0.15, 0.2) is 0 Å². The third-order valence-corrected chi connectivity index (χ3v) is 5.87. The minimum atomic E-state index is -0.838. The maximum atomic E-state index is 13.2. The Balaban J connectivity index is 2.24. The molecule has 0 amide bonds. The summed E-state index contributed by atoms with van der Waals surface area (Å²) in [5, 5.41) is 10.0. The van der Waals surface area contributed by atoms with Gasteiger partial charge < -0.3 is 5.11 Å². The Morgan fingerprint density at radius 3 is 2.67 bits per heavy atom. The van der Waals surface area contributed by atoms with E-state index in [4.69, 9.17) is 4.98 Å². The Bertz CT molecular complexity index is 848. The summed E-state index contributed by atoms with van der Waals surface area (Å²) in [5.41, 5.74) is 0.670. The molecule has 0 bridgehead atoms. The molecule has 0 saturated carbocycles. The number of hydrogen-bond donors (Lipinski definition) is 1. The molecule has 1 atom stereocenters. The molecule has 0 spiro atoms. The third kappa shape index (κ3) is 2.77. The highest BCUT2D eigenvalue weighted by atomic mass is 32.1. The predicted octanol–water partition coefficient (Wildman–Crippen LogP) is 3.74. The Kier molecular flexibility index (Phi) is 4.51. The summed E-state index contributed by atoms with van der Waals surface area (Å²) in [6.45, 7) is 8.99. The number of fused-ring (bicyclic) bond motifs is 3. The van der Waals surface area contributed by atoms with Crippen LogP contribution in [0, 0.1) is 5.92 Å². The Morgan fingerprint density at radius 1 is 1.38 bits per heavy atom. The molecule has 130 valence electrons. The third-order valence-electron chi connectivity index (χ3n) is 4.71. The summed E-state index contributed by atoms with van der Waals surface area (Å²) in [6.07, 6.45) is 2.22. The number of nitrogens with zero attached hydrogens (tertiary/aromatic N) is 2. The van der Waals surface area contributed by atoms with Crippen molar-refractivity contribution in [1.82, 2.24) is 9.55 Å². The van der Waals surface area contributed by atoms with Gasteiger partial charge in [-0.15, -0.1) is 11.3 Å². The van der Waals surface area contributed by atoms with E-state index in [0.29, 0.717) is 29.1 Å². The van der Waals surface area contributed by atoms with Gasteiger partial charge in [-0.1, -0.05) is 27.7 Å². The summed E-state index contributed by atoms with van der Waals surface area (Å²) in [5.74, 6) is 0.0511. The zero-order valence-electron chi connectivity index (χ0n) is 14.6. The number of aryl methyl sites for hydroxylation is 1. The first-order valence-corrected chi connectivity index (χ1v) is 9.41. The van der Waals surface area contributed by atoms with Gasteiger partial charge in [0, 0.05) is 17.3 Å². The first-order chi connectivity index (χ1) is 11.3. The fourth-order valence-electron chi connectivity index (χ4n) is 3.43. The number of aliphatic carboxylic acids is 1. The number of hydrogen-bond acceptors (Lipinski definition) is 4. The molecule has 1 N–H and O–H groups in total. The second-order valence-electron chi connectivity index (χ2n) is 7.31. The van der Waals surface area contributed by atoms with Gasteiger partial charge in [0.05, 0.1) is 11.3 Å². The van der Waals surface area contributed by atoms with Crippen LogP contribution in [0.2, 0.25) is 0 Å². The number of rotatable bonds is 5. The van der Waals surface area contributed by atoms with Crippen molar-refractivity contribution in [2.75, 3.05) is 0 Å². The SMILES string of the molecule is CC(C)CCn1c(C(C)C)nc2sc3c(c2c1=O)C(C(=O)O)CC3. The lowest BCUT2D eigenvalue weighted by Gasteiger charge is -2.16. The van der Waals surface area contributed by atoms with Gasteiger partial charge in [0.1, 0.15) is 10.7 Å². The van der Waals surface area contributed by atoms with Crippen LogP contribution in [0.25, 0.3) is 10.2 Å². The minimum absolute atomic E-state index is 0.0602. The normalized spacial score (nSPS) is 17.2. The van der Waals surface area contributed by atoms with E-state index in [1.807, 2.05) is 13.8 Å². The maximum Gasteiger partial charge on any atom is 0.311 e. The van der Waals surface area contributed by atoms with Crippen LogP contribution in [0.4, 0.5) is 0 Å². The molecule has 0 saturated heterocycles. The molecule has 3 rings (SSSR count). The molecule has 0 radical (unpaired) electrons. The highest BCUT2D eigenvalue weighted by Crippen LogP contribution is 2.42. The second kappa shape index (κ2) is 6.31. The summed E-state index contributed by atoms with van der Waals surface area (Å²) in [4.78, 5) is 31.3. The van der Waals surface area contributed by atoms with Gasteiger partial charge in [-0.05, 0) is 30.7 Å². The molecular formula is C18H24N2O3S. The van der Waals surface area contributed by atoms with E-state index in [0.717, 1.165) is 29.1 Å². The van der Waals surface area contributed by atoms with E-state index in [1.165, 1.54) is 11.3 Å². The number of carboxylic acid groups (broad SMARTS) is 1. The van der Waals surface area contributed by atoms with Gasteiger partial charge in [-0.25, -0.2) is 4.98 Å². The largest absolute Gasteiger partial charge is 0.481 e. The molecule has 24 heavy (non-hydrogen) atoms. The van der Waals surface area contributed by atoms with Crippen LogP contribution in [0.5, 0.6) is 0 Å². The summed E-state index contributed by atoms with van der Waals surface area (Å²) in [6, 6.07) is 0. The van der Waals surface area contributed by atoms with Crippen molar-refractivity contribution in [3.05, 3.63) is 26.6 Å². The fourth-order valence-corrected chi connectivity index (χ4v) is 4.68. The average molecular weight is 348 g/mol. The molecule has 2 heterocycles. The predicted molar refractivity (Wildman–Crippen MR) is 96.1 cm³/mol. The van der Waals surface area contributed by atoms with E-state index in [2.05, 4.69) is 13.8 Å². The highest BCUT2D eigenvalue weighted by Gasteiger charge is 2.34. The van der Waals surface area contributed by atoms with Crippen molar-refractivity contribution in [3.63, 3.8) is 0 Å². The van der Waals surface area contributed by atoms with Gasteiger partial charge >= 0.3 is 5.97 Å². The molecule has 2 aromatic heterocycles. The lowest BCUT2D eigenvalue weighted by Crippen LogP contribution is -2.27. The standard InChI is InChI=1S/C18H24N2O3S/c1-9(2)7-8-20-15(10(3)4)19-16-14(17(20)21)13-11(18(22)23)5-6-12(13)24-16/h9-11H,5-8H2,1-4H3,(H,22,23). The van der Waals surface area contributed by atoms with Gasteiger partial charge in [0.2, 0.25) is 0 Å². The van der Waals surface area contributed by atoms with E-state index in [1.54, 1.807) is 4.57 Å². The zero-order valence-corrected chi connectivity index (χ0v) is 15.4. The minimum Gasteiger partial charge on any atom is -0.481 e. The number of carbonyl (C=O) groups is 1. The monoisotopic (exact) mass is 348 g/mol. The van der Waals surface area contributed by atoms with E-state index in [-0.39, 0.29) is 11.5 Å².